The van der Waals surface area contributed by atoms with Gasteiger partial charge in [-0.15, -0.1) is 0 Å². The van der Waals surface area contributed by atoms with Gasteiger partial charge in [0.2, 0.25) is 0 Å². The third-order valence-electron chi connectivity index (χ3n) is 7.51. The number of piperazine rings is 1. The zero-order chi connectivity index (χ0) is 27.5. The van der Waals surface area contributed by atoms with E-state index in [0.29, 0.717) is 36.6 Å². The lowest BCUT2D eigenvalue weighted by molar-refractivity contribution is 0.0342. The Labute approximate surface area is 233 Å². The van der Waals surface area contributed by atoms with Crippen molar-refractivity contribution in [1.82, 2.24) is 9.80 Å². The molecular weight excluding hydrogens is 522 g/mol. The Morgan fingerprint density at radius 1 is 0.949 bits per heavy atom. The van der Waals surface area contributed by atoms with Crippen molar-refractivity contribution in [2.45, 2.75) is 13.5 Å². The fourth-order valence-electron chi connectivity index (χ4n) is 5.06. The van der Waals surface area contributed by atoms with Gasteiger partial charge in [0.15, 0.2) is 0 Å². The molecule has 39 heavy (non-hydrogen) atoms. The van der Waals surface area contributed by atoms with Crippen molar-refractivity contribution < 1.29 is 18.3 Å². The first kappa shape index (κ1) is 27.5. The maximum Gasteiger partial charge on any atom is 0.257 e. The highest BCUT2D eigenvalue weighted by Gasteiger charge is 2.22. The molecule has 0 radical (unpaired) electrons. The largest absolute Gasteiger partial charge is 0.379 e. The molecule has 3 aromatic rings. The lowest BCUT2D eigenvalue weighted by Gasteiger charge is -2.35. The number of rotatable bonds is 6. The summed E-state index contributed by atoms with van der Waals surface area (Å²) in [5.41, 5.74) is 3.94. The van der Waals surface area contributed by atoms with E-state index in [1.807, 2.05) is 30.3 Å². The van der Waals surface area contributed by atoms with Gasteiger partial charge in [0.25, 0.3) is 5.91 Å². The van der Waals surface area contributed by atoms with Crippen LogP contribution < -0.4 is 10.2 Å². The van der Waals surface area contributed by atoms with Crippen LogP contribution >= 0.6 is 11.6 Å². The predicted molar refractivity (Wildman–Crippen MR) is 152 cm³/mol. The van der Waals surface area contributed by atoms with Gasteiger partial charge >= 0.3 is 0 Å². The van der Waals surface area contributed by atoms with Gasteiger partial charge in [-0.25, -0.2) is 8.78 Å². The second-order valence-corrected chi connectivity index (χ2v) is 10.6. The average molecular weight is 555 g/mol. The molecule has 3 aromatic carbocycles. The number of likely N-dealkylation sites (N-methyl/N-ethyl adjacent to an activating group) is 1. The number of nitrogens with one attached hydrogen (secondary N) is 1. The highest BCUT2D eigenvalue weighted by molar-refractivity contribution is 6.35. The van der Waals surface area contributed by atoms with Crippen LogP contribution in [0.25, 0.3) is 11.1 Å². The van der Waals surface area contributed by atoms with Crippen molar-refractivity contribution >= 4 is 28.9 Å². The Balaban J connectivity index is 1.49. The number of anilines is 2. The maximum atomic E-state index is 15.1. The van der Waals surface area contributed by atoms with Crippen molar-refractivity contribution in [2.24, 2.45) is 0 Å². The minimum atomic E-state index is -0.468. The topological polar surface area (TPSA) is 48.1 Å². The van der Waals surface area contributed by atoms with Crippen LogP contribution in [-0.4, -0.2) is 75.2 Å². The average Bonchev–Trinajstić information content (AvgIpc) is 2.94. The van der Waals surface area contributed by atoms with Crippen LogP contribution in [-0.2, 0) is 11.3 Å². The van der Waals surface area contributed by atoms with E-state index >= 15 is 4.39 Å². The molecular formula is C30H33ClF2N4O2. The van der Waals surface area contributed by atoms with Crippen molar-refractivity contribution in [3.05, 3.63) is 81.9 Å². The van der Waals surface area contributed by atoms with Crippen molar-refractivity contribution in [2.75, 3.05) is 69.7 Å². The molecule has 2 saturated heterocycles. The Bertz CT molecular complexity index is 1360. The fourth-order valence-corrected chi connectivity index (χ4v) is 5.30. The SMILES string of the molecule is Cc1c(F)ccc(C(=O)Nc2cc(-c3cc(CN4CCOCC4)ccc3F)ccc2N2CCN(C)CC2)c1Cl. The molecule has 5 rings (SSSR count). The number of nitrogens with zero attached hydrogens (tertiary/aromatic N) is 3. The first-order valence-electron chi connectivity index (χ1n) is 13.2. The zero-order valence-electron chi connectivity index (χ0n) is 22.3. The molecule has 0 aromatic heterocycles. The molecule has 206 valence electrons. The van der Waals surface area contributed by atoms with Gasteiger partial charge in [-0.05, 0) is 61.5 Å². The van der Waals surface area contributed by atoms with E-state index in [0.717, 1.165) is 50.5 Å². The first-order chi connectivity index (χ1) is 18.8. The van der Waals surface area contributed by atoms with Gasteiger partial charge in [0, 0.05) is 56.9 Å². The van der Waals surface area contributed by atoms with Crippen molar-refractivity contribution in [3.63, 3.8) is 0 Å². The number of hydrogen-bond acceptors (Lipinski definition) is 5. The van der Waals surface area contributed by atoms with Gasteiger partial charge in [0.1, 0.15) is 11.6 Å². The smallest absolute Gasteiger partial charge is 0.257 e. The van der Waals surface area contributed by atoms with Gasteiger partial charge in [-0.1, -0.05) is 23.7 Å². The van der Waals surface area contributed by atoms with Crippen LogP contribution in [0.3, 0.4) is 0 Å². The van der Waals surface area contributed by atoms with Crippen LogP contribution in [0.4, 0.5) is 20.2 Å². The lowest BCUT2D eigenvalue weighted by atomic mass is 10.00. The van der Waals surface area contributed by atoms with E-state index in [1.54, 1.807) is 0 Å². The molecule has 1 amide bonds. The van der Waals surface area contributed by atoms with E-state index in [1.165, 1.54) is 25.1 Å². The first-order valence-corrected chi connectivity index (χ1v) is 13.6. The number of halogens is 3. The van der Waals surface area contributed by atoms with E-state index in [-0.39, 0.29) is 22.0 Å². The number of amides is 1. The number of hydrogen-bond donors (Lipinski definition) is 1. The molecule has 0 aliphatic carbocycles. The normalized spacial score (nSPS) is 16.9. The summed E-state index contributed by atoms with van der Waals surface area (Å²) in [6, 6.07) is 13.5. The molecule has 0 saturated carbocycles. The van der Waals surface area contributed by atoms with E-state index in [2.05, 4.69) is 27.1 Å². The molecule has 2 fully saturated rings. The summed E-state index contributed by atoms with van der Waals surface area (Å²) in [5.74, 6) is -1.25. The van der Waals surface area contributed by atoms with Crippen LogP contribution in [0.2, 0.25) is 5.02 Å². The van der Waals surface area contributed by atoms with Crippen LogP contribution in [0.1, 0.15) is 21.5 Å². The zero-order valence-corrected chi connectivity index (χ0v) is 23.0. The number of carbonyl (C=O) groups is 1. The quantitative estimate of drug-likeness (QED) is 0.440. The summed E-state index contributed by atoms with van der Waals surface area (Å²) in [7, 11) is 2.08. The minimum absolute atomic E-state index is 0.0756. The van der Waals surface area contributed by atoms with Gasteiger partial charge in [-0.3, -0.25) is 9.69 Å². The Kier molecular flexibility index (Phi) is 8.47. The second-order valence-electron chi connectivity index (χ2n) is 10.2. The fraction of sp³-hybridized carbons (Fsp3) is 0.367. The lowest BCUT2D eigenvalue weighted by Crippen LogP contribution is -2.44. The standard InChI is InChI=1S/C30H33ClF2N4O2/c1-20-25(32)7-5-23(29(20)31)30(38)34-27-18-22(4-8-28(27)37-11-9-35(2)10-12-37)24-17-21(3-6-26(24)33)19-36-13-15-39-16-14-36/h3-8,17-18H,9-16,19H2,1-2H3,(H,34,38). The molecule has 1 N–H and O–H groups in total. The number of ether oxygens (including phenoxy) is 1. The summed E-state index contributed by atoms with van der Waals surface area (Å²) < 4.78 is 34.6. The molecule has 0 unspecified atom stereocenters. The molecule has 0 atom stereocenters. The molecule has 2 aliphatic heterocycles. The number of morpholine rings is 1. The summed E-state index contributed by atoms with van der Waals surface area (Å²) in [6.07, 6.45) is 0. The maximum absolute atomic E-state index is 15.1. The molecule has 6 nitrogen and oxygen atoms in total. The number of benzene rings is 3. The third kappa shape index (κ3) is 6.25. The number of carbonyl (C=O) groups excluding carboxylic acids is 1. The van der Waals surface area contributed by atoms with E-state index in [9.17, 15) is 9.18 Å². The highest BCUT2D eigenvalue weighted by atomic mass is 35.5. The highest BCUT2D eigenvalue weighted by Crippen LogP contribution is 2.35. The molecule has 2 aliphatic rings. The minimum Gasteiger partial charge on any atom is -0.379 e. The Morgan fingerprint density at radius 3 is 2.41 bits per heavy atom. The van der Waals surface area contributed by atoms with Gasteiger partial charge in [-0.2, -0.15) is 0 Å². The Hall–Kier alpha value is -3.04. The molecule has 9 heteroatoms. The molecule has 0 bridgehead atoms. The van der Waals surface area contributed by atoms with Gasteiger partial charge in [0.05, 0.1) is 35.2 Å². The summed E-state index contributed by atoms with van der Waals surface area (Å²) >= 11 is 6.33. The predicted octanol–water partition coefficient (Wildman–Crippen LogP) is 5.43. The van der Waals surface area contributed by atoms with E-state index < -0.39 is 11.7 Å². The van der Waals surface area contributed by atoms with Crippen molar-refractivity contribution in [3.8, 4) is 11.1 Å². The second kappa shape index (κ2) is 12.0. The summed E-state index contributed by atoms with van der Waals surface area (Å²) in [5, 5.41) is 3.06. The summed E-state index contributed by atoms with van der Waals surface area (Å²) in [6.45, 7) is 8.68. The monoisotopic (exact) mass is 554 g/mol. The van der Waals surface area contributed by atoms with Crippen LogP contribution in [0.5, 0.6) is 0 Å². The van der Waals surface area contributed by atoms with Crippen LogP contribution in [0, 0.1) is 18.6 Å². The van der Waals surface area contributed by atoms with Gasteiger partial charge < -0.3 is 19.9 Å². The molecule has 0 spiro atoms. The summed E-state index contributed by atoms with van der Waals surface area (Å²) in [4.78, 5) is 20.1. The van der Waals surface area contributed by atoms with Crippen LogP contribution in [0.15, 0.2) is 48.5 Å². The van der Waals surface area contributed by atoms with E-state index in [4.69, 9.17) is 16.3 Å². The third-order valence-corrected chi connectivity index (χ3v) is 7.99. The van der Waals surface area contributed by atoms with Crippen molar-refractivity contribution in [1.29, 1.82) is 0 Å². The molecule has 2 heterocycles. The Morgan fingerprint density at radius 2 is 1.67 bits per heavy atom.